The Bertz CT molecular complexity index is 3800. The van der Waals surface area contributed by atoms with E-state index in [1.807, 2.05) is 0 Å². The number of rotatable bonds is 9. The number of hydrogen-bond donors (Lipinski definition) is 13. The number of benzene rings is 6. The van der Waals surface area contributed by atoms with Crippen LogP contribution in [0, 0.1) is 0 Å². The Balaban J connectivity index is 0.822. The SMILES string of the molecule is O=C(/C=C/c1ccc2c(c1)OC1(O)C(=O)c3cc(O)cc(O)c3OC1(c1ccc(O)c(O)c1)O2)O[C@@H]1[C@H](O)C[C@@](O)(C(=O)O)C[C@H]1OC(=O)/C=C/c1ccc2c(c1)OC1(O)C(=O)c3c(O)cc(O)cc3OC1(c1ccc(O)c(O)c1)O2. The van der Waals surface area contributed by atoms with Gasteiger partial charge in [0, 0.05) is 54.3 Å². The molecule has 0 saturated heterocycles. The maximum atomic E-state index is 14.1. The third kappa shape index (κ3) is 8.31. The van der Waals surface area contributed by atoms with Crippen molar-refractivity contribution in [2.45, 2.75) is 59.9 Å². The van der Waals surface area contributed by atoms with Crippen LogP contribution in [0.5, 0.6) is 80.5 Å². The monoisotopic (exact) mass is 1120 g/mol. The summed E-state index contributed by atoms with van der Waals surface area (Å²) in [5.74, 6) is -26.3. The number of carboxylic acid groups (broad SMARTS) is 1. The van der Waals surface area contributed by atoms with Crippen LogP contribution in [-0.2, 0) is 35.4 Å². The molecule has 5 aliphatic rings. The van der Waals surface area contributed by atoms with Crippen LogP contribution in [-0.4, -0.2) is 131 Å². The van der Waals surface area contributed by atoms with Gasteiger partial charge in [0.1, 0.15) is 34.7 Å². The number of aliphatic hydroxyl groups excluding tert-OH is 1. The molecular weight excluding hydrogens is 1080 g/mol. The Labute approximate surface area is 451 Å². The highest BCUT2D eigenvalue weighted by Gasteiger charge is 2.72. The number of carboxylic acids is 1. The van der Waals surface area contributed by atoms with Gasteiger partial charge in [-0.2, -0.15) is 0 Å². The molecular formula is C55H40O26. The van der Waals surface area contributed by atoms with Crippen molar-refractivity contribution in [1.29, 1.82) is 0 Å². The highest BCUT2D eigenvalue weighted by Crippen LogP contribution is 2.58. The number of esters is 2. The predicted molar refractivity (Wildman–Crippen MR) is 263 cm³/mol. The summed E-state index contributed by atoms with van der Waals surface area (Å²) in [6, 6.07) is 17.0. The number of carbonyl (C=O) groups is 5. The number of phenolic OH excluding ortho intramolecular Hbond substituents is 8. The maximum Gasteiger partial charge on any atom is 0.357 e. The number of Topliss-reactive ketones (excluding diaryl/α,β-unsaturated/α-hetero) is 2. The van der Waals surface area contributed by atoms with Gasteiger partial charge in [-0.1, -0.05) is 12.1 Å². The fourth-order valence-corrected chi connectivity index (χ4v) is 9.93. The lowest BCUT2D eigenvalue weighted by molar-refractivity contribution is -0.316. The summed E-state index contributed by atoms with van der Waals surface area (Å²) >= 11 is 0. The van der Waals surface area contributed by atoms with Crippen molar-refractivity contribution in [3.8, 4) is 80.5 Å². The quantitative estimate of drug-likeness (QED) is 0.0562. The number of aliphatic hydroxyl groups is 4. The number of aliphatic carboxylic acids is 1. The van der Waals surface area contributed by atoms with Crippen molar-refractivity contribution in [2.24, 2.45) is 0 Å². The molecule has 81 heavy (non-hydrogen) atoms. The van der Waals surface area contributed by atoms with Crippen molar-refractivity contribution in [1.82, 2.24) is 0 Å². The minimum absolute atomic E-state index is 0.0821. The molecule has 11 rings (SSSR count). The minimum Gasteiger partial charge on any atom is -0.508 e. The van der Waals surface area contributed by atoms with Crippen molar-refractivity contribution in [3.63, 3.8) is 0 Å². The Morgan fingerprint density at radius 3 is 1.57 bits per heavy atom. The van der Waals surface area contributed by atoms with Crippen molar-refractivity contribution >= 4 is 41.6 Å². The average Bonchev–Trinajstić information content (AvgIpc) is 3.00. The van der Waals surface area contributed by atoms with Crippen LogP contribution in [0.15, 0.2) is 109 Å². The summed E-state index contributed by atoms with van der Waals surface area (Å²) in [4.78, 5) is 67.3. The summed E-state index contributed by atoms with van der Waals surface area (Å²) in [6.45, 7) is 0. The lowest BCUT2D eigenvalue weighted by atomic mass is 9.79. The smallest absolute Gasteiger partial charge is 0.357 e. The van der Waals surface area contributed by atoms with Crippen LogP contribution in [0.4, 0.5) is 0 Å². The van der Waals surface area contributed by atoms with E-state index in [9.17, 15) is 90.4 Å². The molecule has 26 heteroatoms. The molecule has 6 aromatic carbocycles. The van der Waals surface area contributed by atoms with E-state index >= 15 is 0 Å². The van der Waals surface area contributed by atoms with E-state index < -0.39 is 158 Å². The first-order valence-electron chi connectivity index (χ1n) is 23.8. The fraction of sp³-hybridized carbons (Fsp3) is 0.182. The van der Waals surface area contributed by atoms with Gasteiger partial charge < -0.3 is 104 Å². The van der Waals surface area contributed by atoms with Crippen LogP contribution < -0.4 is 28.4 Å². The molecule has 4 unspecified atom stereocenters. The summed E-state index contributed by atoms with van der Waals surface area (Å²) in [5.41, 5.74) is -4.29. The molecule has 1 saturated carbocycles. The average molecular weight is 1120 g/mol. The first-order chi connectivity index (χ1) is 38.3. The summed E-state index contributed by atoms with van der Waals surface area (Å²) < 4.78 is 46.9. The van der Waals surface area contributed by atoms with E-state index in [2.05, 4.69) is 0 Å². The number of ether oxygens (including phenoxy) is 8. The van der Waals surface area contributed by atoms with Gasteiger partial charge in [-0.3, -0.25) is 9.59 Å². The highest BCUT2D eigenvalue weighted by molar-refractivity contribution is 6.09. The second-order valence-electron chi connectivity index (χ2n) is 19.1. The van der Waals surface area contributed by atoms with Crippen LogP contribution in [0.1, 0.15) is 55.8 Å². The third-order valence-electron chi connectivity index (χ3n) is 13.8. The Morgan fingerprint density at radius 2 is 1.01 bits per heavy atom. The summed E-state index contributed by atoms with van der Waals surface area (Å²) in [6.07, 6.45) is -3.53. The lowest BCUT2D eigenvalue weighted by Crippen LogP contribution is -2.70. The first kappa shape index (κ1) is 52.6. The molecule has 0 spiro atoms. The zero-order chi connectivity index (χ0) is 57.9. The number of ketones is 2. The van der Waals surface area contributed by atoms with Crippen molar-refractivity contribution < 1.29 is 128 Å². The number of fused-ring (bicyclic) bond motifs is 6. The van der Waals surface area contributed by atoms with Gasteiger partial charge >= 0.3 is 41.1 Å². The Morgan fingerprint density at radius 1 is 0.506 bits per heavy atom. The van der Waals surface area contributed by atoms with Gasteiger partial charge in [-0.15, -0.1) is 0 Å². The molecule has 13 N–H and O–H groups in total. The van der Waals surface area contributed by atoms with Gasteiger partial charge in [0.15, 0.2) is 69.2 Å². The number of phenols is 8. The molecule has 6 aromatic rings. The van der Waals surface area contributed by atoms with Gasteiger partial charge in [0.25, 0.3) is 5.78 Å². The van der Waals surface area contributed by atoms with Gasteiger partial charge in [-0.05, 0) is 90.0 Å². The molecule has 1 aliphatic carbocycles. The first-order valence-corrected chi connectivity index (χ1v) is 23.8. The molecule has 4 aliphatic heterocycles. The summed E-state index contributed by atoms with van der Waals surface area (Å²) in [5, 5.41) is 139. The zero-order valence-electron chi connectivity index (χ0n) is 40.8. The largest absolute Gasteiger partial charge is 0.508 e. The number of aromatic hydroxyl groups is 8. The Kier molecular flexibility index (Phi) is 11.9. The van der Waals surface area contributed by atoms with E-state index in [1.165, 1.54) is 36.4 Å². The van der Waals surface area contributed by atoms with E-state index in [0.717, 1.165) is 85.0 Å². The van der Waals surface area contributed by atoms with E-state index in [1.54, 1.807) is 0 Å². The molecule has 0 bridgehead atoms. The zero-order valence-corrected chi connectivity index (χ0v) is 40.8. The summed E-state index contributed by atoms with van der Waals surface area (Å²) in [7, 11) is 0. The van der Waals surface area contributed by atoms with Crippen molar-refractivity contribution in [3.05, 3.63) is 143 Å². The Hall–Kier alpha value is -10.4. The second-order valence-corrected chi connectivity index (χ2v) is 19.1. The number of carbonyl (C=O) groups excluding carboxylic acids is 4. The molecule has 0 amide bonds. The standard InChI is InChI=1S/C55H40O26/c56-27-17-29-46(35(63)19-27)81-55(26-6-8-31(59)33(61)16-26)52(72,48(29)67)76-39-13-24(2-10-38(39)79-55)4-12-44(66)75-47-36(64)21-51(71,50(69)70)22-42(47)74-43(65)11-3-23-1-9-37-40(14-23)77-53(73)49(68)45-34(62)18-28(57)20-41(45)80-54(53,78-37)25-5-7-30(58)32(60)15-25/h1-20,36,42,47,56-64,71-73H,21-22H2,(H,69,70)/b11-3+,12-4+/t36-,42-,47-,51+,52?,53?,54?,55?/m1/s1. The van der Waals surface area contributed by atoms with E-state index in [-0.39, 0.29) is 45.3 Å². The fourth-order valence-electron chi connectivity index (χ4n) is 9.93. The molecule has 4 heterocycles. The highest BCUT2D eigenvalue weighted by atomic mass is 16.8. The van der Waals surface area contributed by atoms with Crippen LogP contribution in [0.3, 0.4) is 0 Å². The van der Waals surface area contributed by atoms with Gasteiger partial charge in [0.2, 0.25) is 5.78 Å². The molecule has 8 atom stereocenters. The van der Waals surface area contributed by atoms with Crippen molar-refractivity contribution in [2.75, 3.05) is 0 Å². The minimum atomic E-state index is -3.22. The van der Waals surface area contributed by atoms with Gasteiger partial charge in [-0.25, -0.2) is 14.4 Å². The molecule has 0 aromatic heterocycles. The maximum absolute atomic E-state index is 14.1. The van der Waals surface area contributed by atoms with Crippen LogP contribution in [0.2, 0.25) is 0 Å². The topological polar surface area (TPSA) is 422 Å². The van der Waals surface area contributed by atoms with E-state index in [0.29, 0.717) is 0 Å². The molecule has 26 nitrogen and oxygen atoms in total. The van der Waals surface area contributed by atoms with E-state index in [4.69, 9.17) is 37.9 Å². The predicted octanol–water partition coefficient (Wildman–Crippen LogP) is 3.03. The van der Waals surface area contributed by atoms with Gasteiger partial charge in [0.05, 0.1) is 11.7 Å². The third-order valence-corrected chi connectivity index (χ3v) is 13.8. The number of hydrogen-bond acceptors (Lipinski definition) is 25. The molecule has 416 valence electrons. The molecule has 0 radical (unpaired) electrons. The van der Waals surface area contributed by atoms with Crippen LogP contribution in [0.25, 0.3) is 12.2 Å². The normalized spacial score (nSPS) is 26.7. The lowest BCUT2D eigenvalue weighted by Gasteiger charge is -2.50. The molecule has 1 fully saturated rings. The van der Waals surface area contributed by atoms with Crippen LogP contribution >= 0.6 is 0 Å². The second kappa shape index (κ2) is 18.3.